The number of aliphatic hydroxyl groups excluding tert-OH is 1. The maximum absolute atomic E-state index is 9.21. The maximum Gasteiger partial charge on any atom is 0.229 e. The fourth-order valence-corrected chi connectivity index (χ4v) is 1.46. The molecule has 92 valence electrons. The van der Waals surface area contributed by atoms with Gasteiger partial charge in [0.15, 0.2) is 0 Å². The Labute approximate surface area is 95.8 Å². The Kier molecular flexibility index (Phi) is 4.89. The zero-order valence-electron chi connectivity index (χ0n) is 10.3. The van der Waals surface area contributed by atoms with Crippen molar-refractivity contribution in [3.05, 3.63) is 11.7 Å². The summed E-state index contributed by atoms with van der Waals surface area (Å²) in [6.45, 7) is 8.33. The Balaban J connectivity index is 2.73. The molecule has 1 aromatic heterocycles. The number of ether oxygens (including phenoxy) is 1. The molecule has 1 N–H and O–H groups in total. The highest BCUT2D eigenvalue weighted by atomic mass is 16.5. The molecule has 0 amide bonds. The first kappa shape index (κ1) is 13.1. The highest BCUT2D eigenvalue weighted by molar-refractivity contribution is 4.93. The summed E-state index contributed by atoms with van der Waals surface area (Å²) in [5.41, 5.74) is 0. The minimum Gasteiger partial charge on any atom is -0.393 e. The molecule has 0 aromatic carbocycles. The molecule has 1 aromatic rings. The van der Waals surface area contributed by atoms with Crippen LogP contribution in [-0.4, -0.2) is 28.0 Å². The Bertz CT molecular complexity index is 310. The minimum atomic E-state index is -0.474. The summed E-state index contributed by atoms with van der Waals surface area (Å²) in [5, 5.41) is 13.1. The zero-order chi connectivity index (χ0) is 12.1. The van der Waals surface area contributed by atoms with Crippen molar-refractivity contribution in [2.24, 2.45) is 5.92 Å². The van der Waals surface area contributed by atoms with Crippen LogP contribution in [0.1, 0.15) is 45.5 Å². The van der Waals surface area contributed by atoms with Gasteiger partial charge in [-0.25, -0.2) is 0 Å². The number of aromatic nitrogens is 2. The number of hydrogen-bond donors (Lipinski definition) is 1. The lowest BCUT2D eigenvalue weighted by molar-refractivity contribution is 0.0217. The highest BCUT2D eigenvalue weighted by Gasteiger charge is 2.22. The highest BCUT2D eigenvalue weighted by Crippen LogP contribution is 2.23. The van der Waals surface area contributed by atoms with Crippen molar-refractivity contribution in [3.8, 4) is 0 Å². The molecule has 0 bridgehead atoms. The van der Waals surface area contributed by atoms with Crippen molar-refractivity contribution in [2.45, 2.75) is 46.3 Å². The largest absolute Gasteiger partial charge is 0.393 e. The fraction of sp³-hybridized carbons (Fsp3) is 0.818. The summed E-state index contributed by atoms with van der Waals surface area (Å²) in [6, 6.07) is 0. The van der Waals surface area contributed by atoms with Crippen molar-refractivity contribution >= 4 is 0 Å². The van der Waals surface area contributed by atoms with Gasteiger partial charge in [-0.15, -0.1) is 0 Å². The Morgan fingerprint density at radius 2 is 2.06 bits per heavy atom. The maximum atomic E-state index is 9.21. The second kappa shape index (κ2) is 5.96. The molecule has 0 fully saturated rings. The van der Waals surface area contributed by atoms with Gasteiger partial charge in [-0.2, -0.15) is 4.98 Å². The molecule has 0 aliphatic heterocycles. The lowest BCUT2D eigenvalue weighted by Gasteiger charge is -2.16. The van der Waals surface area contributed by atoms with E-state index >= 15 is 0 Å². The van der Waals surface area contributed by atoms with Crippen LogP contribution in [0.2, 0.25) is 0 Å². The van der Waals surface area contributed by atoms with Crippen LogP contribution in [0.25, 0.3) is 0 Å². The van der Waals surface area contributed by atoms with E-state index in [1.54, 1.807) is 6.92 Å². The third kappa shape index (κ3) is 3.57. The lowest BCUT2D eigenvalue weighted by Crippen LogP contribution is -2.13. The summed E-state index contributed by atoms with van der Waals surface area (Å²) in [6.07, 6.45) is -0.237. The average Bonchev–Trinajstić information content (AvgIpc) is 2.60. The monoisotopic (exact) mass is 228 g/mol. The SMILES string of the molecule is CCOC(c1noc(CC(C)O)n1)C(C)C. The molecule has 0 saturated heterocycles. The van der Waals surface area contributed by atoms with E-state index in [-0.39, 0.29) is 12.0 Å². The van der Waals surface area contributed by atoms with E-state index in [4.69, 9.17) is 9.26 Å². The van der Waals surface area contributed by atoms with Crippen LogP contribution in [0.3, 0.4) is 0 Å². The minimum absolute atomic E-state index is 0.142. The van der Waals surface area contributed by atoms with Crippen LogP contribution in [0, 0.1) is 5.92 Å². The number of rotatable bonds is 6. The molecule has 16 heavy (non-hydrogen) atoms. The van der Waals surface area contributed by atoms with E-state index in [0.717, 1.165) is 0 Å². The summed E-state index contributed by atoms with van der Waals surface area (Å²) >= 11 is 0. The van der Waals surface area contributed by atoms with Crippen molar-refractivity contribution in [1.82, 2.24) is 10.1 Å². The van der Waals surface area contributed by atoms with Gasteiger partial charge in [0, 0.05) is 6.61 Å². The Hall–Kier alpha value is -0.940. The van der Waals surface area contributed by atoms with Crippen molar-refractivity contribution < 1.29 is 14.4 Å². The quantitative estimate of drug-likeness (QED) is 0.803. The number of hydrogen-bond acceptors (Lipinski definition) is 5. The van der Waals surface area contributed by atoms with E-state index in [9.17, 15) is 5.11 Å². The molecule has 2 atom stereocenters. The summed E-state index contributed by atoms with van der Waals surface area (Å²) in [7, 11) is 0. The van der Waals surface area contributed by atoms with Gasteiger partial charge in [-0.3, -0.25) is 0 Å². The molecule has 1 heterocycles. The van der Waals surface area contributed by atoms with Gasteiger partial charge in [0.05, 0.1) is 12.5 Å². The van der Waals surface area contributed by atoms with Gasteiger partial charge in [0.1, 0.15) is 6.10 Å². The third-order valence-electron chi connectivity index (χ3n) is 2.16. The normalized spacial score (nSPS) is 15.4. The van der Waals surface area contributed by atoms with Crippen molar-refractivity contribution in [1.29, 1.82) is 0 Å². The first-order chi connectivity index (χ1) is 7.54. The van der Waals surface area contributed by atoms with Crippen LogP contribution < -0.4 is 0 Å². The second-order valence-electron chi connectivity index (χ2n) is 4.22. The van der Waals surface area contributed by atoms with Gasteiger partial charge in [0.2, 0.25) is 11.7 Å². The predicted molar refractivity (Wildman–Crippen MR) is 58.9 cm³/mol. The van der Waals surface area contributed by atoms with Gasteiger partial charge in [0.25, 0.3) is 0 Å². The van der Waals surface area contributed by atoms with Gasteiger partial charge in [-0.05, 0) is 19.8 Å². The second-order valence-corrected chi connectivity index (χ2v) is 4.22. The van der Waals surface area contributed by atoms with E-state index < -0.39 is 6.10 Å². The molecular weight excluding hydrogens is 208 g/mol. The Morgan fingerprint density at radius 1 is 1.38 bits per heavy atom. The van der Waals surface area contributed by atoms with E-state index in [0.29, 0.717) is 24.7 Å². The summed E-state index contributed by atoms with van der Waals surface area (Å²) < 4.78 is 10.6. The van der Waals surface area contributed by atoms with E-state index in [1.165, 1.54) is 0 Å². The molecule has 5 heteroatoms. The molecule has 0 aliphatic carbocycles. The van der Waals surface area contributed by atoms with E-state index in [1.807, 2.05) is 20.8 Å². The molecule has 2 unspecified atom stereocenters. The Morgan fingerprint density at radius 3 is 2.56 bits per heavy atom. The molecule has 0 aliphatic rings. The van der Waals surface area contributed by atoms with Gasteiger partial charge >= 0.3 is 0 Å². The van der Waals surface area contributed by atoms with Crippen LogP contribution in [0.15, 0.2) is 4.52 Å². The van der Waals surface area contributed by atoms with Crippen LogP contribution in [0.4, 0.5) is 0 Å². The van der Waals surface area contributed by atoms with Crippen molar-refractivity contribution in [2.75, 3.05) is 6.61 Å². The van der Waals surface area contributed by atoms with Crippen LogP contribution in [0.5, 0.6) is 0 Å². The molecule has 0 spiro atoms. The van der Waals surface area contributed by atoms with E-state index in [2.05, 4.69) is 10.1 Å². The fourth-order valence-electron chi connectivity index (χ4n) is 1.46. The molecule has 1 rings (SSSR count). The molecule has 0 saturated carbocycles. The van der Waals surface area contributed by atoms with Gasteiger partial charge < -0.3 is 14.4 Å². The third-order valence-corrected chi connectivity index (χ3v) is 2.16. The lowest BCUT2D eigenvalue weighted by atomic mass is 10.1. The summed E-state index contributed by atoms with van der Waals surface area (Å²) in [5.74, 6) is 1.31. The standard InChI is InChI=1S/C11H20N2O3/c1-5-15-10(7(2)3)11-12-9(16-13-11)6-8(4)14/h7-8,10,14H,5-6H2,1-4H3. The topological polar surface area (TPSA) is 68.4 Å². The predicted octanol–water partition coefficient (Wildman–Crippen LogP) is 1.73. The molecular formula is C11H20N2O3. The summed E-state index contributed by atoms with van der Waals surface area (Å²) in [4.78, 5) is 4.23. The van der Waals surface area contributed by atoms with Gasteiger partial charge in [-0.1, -0.05) is 19.0 Å². The first-order valence-corrected chi connectivity index (χ1v) is 5.66. The molecule has 5 nitrogen and oxygen atoms in total. The number of aliphatic hydroxyl groups is 1. The zero-order valence-corrected chi connectivity index (χ0v) is 10.3. The van der Waals surface area contributed by atoms with Crippen molar-refractivity contribution in [3.63, 3.8) is 0 Å². The number of nitrogens with zero attached hydrogens (tertiary/aromatic N) is 2. The first-order valence-electron chi connectivity index (χ1n) is 5.66. The average molecular weight is 228 g/mol. The van der Waals surface area contributed by atoms with Crippen LogP contribution >= 0.6 is 0 Å². The molecule has 0 radical (unpaired) electrons. The van der Waals surface area contributed by atoms with Crippen LogP contribution in [-0.2, 0) is 11.2 Å². The smallest absolute Gasteiger partial charge is 0.229 e.